The molecule has 0 spiro atoms. The van der Waals surface area contributed by atoms with Crippen LogP contribution in [0.4, 0.5) is 0 Å². The lowest BCUT2D eigenvalue weighted by Crippen LogP contribution is -2.27. The van der Waals surface area contributed by atoms with E-state index in [0.29, 0.717) is 63.1 Å². The van der Waals surface area contributed by atoms with Gasteiger partial charge in [0, 0.05) is 126 Å². The highest BCUT2D eigenvalue weighted by molar-refractivity contribution is 8.28. The van der Waals surface area contributed by atoms with Crippen LogP contribution in [0, 0.1) is 27.7 Å². The standard InChI is InChI=1S/C100H102N4O4S16/c1-13-21-25-29-33-59-45-75(117-89(59)79-41-55(9)71(113-79)51-83-93(105)101(17-5)97(109)121-83)67-49-68(76-46-60(34-30-26-22-14-2)90(118-76)80-42-56(10)72(114-80)52-84-94(106)102(18-6)98(110)122-84)64-39-40-66-70(78-48-62(36-32-28-24-16-4)92(120-78)82-44-58(12)74(116-82)54-86-96(108)104(20-8)100(112)124-86)50-69(65-38-37-63(67)87(64)88(65)66)77-47-61(35-31-27-23-15-3)91(119-77)81-43-57(11)73(115-81)53-85-95(107)103(19-7)99(111)123-85/h37-54H,13-36H2,1-12H3/b83-51-,84-52-,85-53-,86-54-. The van der Waals surface area contributed by atoms with Crippen LogP contribution >= 0.6 is 187 Å². The third kappa shape index (κ3) is 18.5. The van der Waals surface area contributed by atoms with Gasteiger partial charge in [0.05, 0.1) is 19.6 Å². The number of thiophene rings is 8. The Labute approximate surface area is 801 Å². The number of likely N-dealkylation sites (N-methyl/N-ethyl adjacent to an activating group) is 4. The second-order valence-corrected chi connectivity index (χ2v) is 47.7. The minimum atomic E-state index is -0.0222. The molecule has 8 aromatic heterocycles. The topological polar surface area (TPSA) is 81.2 Å². The number of benzene rings is 4. The lowest BCUT2D eigenvalue weighted by molar-refractivity contribution is -0.122. The number of amides is 4. The summed E-state index contributed by atoms with van der Waals surface area (Å²) in [6.45, 7) is 28.0. The molecule has 0 unspecified atom stereocenters. The van der Waals surface area contributed by atoms with Crippen LogP contribution in [0.5, 0.6) is 0 Å². The van der Waals surface area contributed by atoms with E-state index >= 15 is 0 Å². The van der Waals surface area contributed by atoms with E-state index < -0.39 is 0 Å². The summed E-state index contributed by atoms with van der Waals surface area (Å²) in [5.41, 5.74) is 14.9. The summed E-state index contributed by atoms with van der Waals surface area (Å²) in [4.78, 5) is 84.2. The van der Waals surface area contributed by atoms with Crippen LogP contribution in [0.2, 0.25) is 0 Å². The molecule has 124 heavy (non-hydrogen) atoms. The molecule has 4 aliphatic rings. The van der Waals surface area contributed by atoms with Crippen molar-refractivity contribution in [2.24, 2.45) is 0 Å². The molecule has 16 rings (SSSR count). The number of nitrogens with zero attached hydrogens (tertiary/aromatic N) is 4. The Morgan fingerprint density at radius 1 is 0.274 bits per heavy atom. The molecule has 0 radical (unpaired) electrons. The molecule has 0 aliphatic carbocycles. The van der Waals surface area contributed by atoms with Crippen LogP contribution in [0.1, 0.15) is 222 Å². The molecule has 4 aromatic carbocycles. The van der Waals surface area contributed by atoms with Crippen LogP contribution in [0.3, 0.4) is 0 Å². The van der Waals surface area contributed by atoms with Crippen molar-refractivity contribution in [3.8, 4) is 80.8 Å². The maximum atomic E-state index is 13.9. The summed E-state index contributed by atoms with van der Waals surface area (Å²) in [7, 11) is 0. The second-order valence-electron chi connectivity index (χ2n) is 32.5. The zero-order valence-electron chi connectivity index (χ0n) is 72.3. The molecule has 0 atom stereocenters. The lowest BCUT2D eigenvalue weighted by atomic mass is 9.85. The number of aryl methyl sites for hydroxylation is 8. The summed E-state index contributed by atoms with van der Waals surface area (Å²) >= 11 is 43.5. The van der Waals surface area contributed by atoms with Gasteiger partial charge in [-0.3, -0.25) is 38.8 Å². The van der Waals surface area contributed by atoms with Gasteiger partial charge in [-0.1, -0.05) is 225 Å². The first kappa shape index (κ1) is 91.4. The first-order valence-electron chi connectivity index (χ1n) is 43.8. The minimum absolute atomic E-state index is 0.0222. The van der Waals surface area contributed by atoms with Gasteiger partial charge < -0.3 is 0 Å². The Morgan fingerprint density at radius 2 is 0.492 bits per heavy atom. The number of unbranched alkanes of at least 4 members (excludes halogenated alkanes) is 12. The van der Waals surface area contributed by atoms with E-state index in [1.807, 2.05) is 73.0 Å². The van der Waals surface area contributed by atoms with Crippen LogP contribution in [-0.2, 0) is 44.9 Å². The molecule has 4 aliphatic heterocycles. The Hall–Kier alpha value is -5.88. The molecular formula is C100H102N4O4S16. The zero-order valence-corrected chi connectivity index (χ0v) is 85.4. The van der Waals surface area contributed by atoms with Gasteiger partial charge in [0.2, 0.25) is 0 Å². The highest BCUT2D eigenvalue weighted by atomic mass is 32.2. The average Bonchev–Trinajstić information content (AvgIpc) is 1.18. The highest BCUT2D eigenvalue weighted by Crippen LogP contribution is 2.57. The van der Waals surface area contributed by atoms with Crippen molar-refractivity contribution in [3.05, 3.63) is 169 Å². The molecule has 0 N–H and O–H groups in total. The number of carbonyl (C=O) groups is 4. The highest BCUT2D eigenvalue weighted by Gasteiger charge is 2.37. The molecule has 0 bridgehead atoms. The summed E-state index contributed by atoms with van der Waals surface area (Å²) in [6, 6.07) is 34.7. The molecule has 8 nitrogen and oxygen atoms in total. The summed E-state index contributed by atoms with van der Waals surface area (Å²) in [5.74, 6) is -0.0890. The van der Waals surface area contributed by atoms with Gasteiger partial charge in [-0.25, -0.2) is 0 Å². The third-order valence-corrected chi connectivity index (χ3v) is 39.7. The number of rotatable bonds is 36. The third-order valence-electron chi connectivity index (χ3n) is 23.9. The Bertz CT molecular complexity index is 5610. The second kappa shape index (κ2) is 40.2. The molecule has 4 saturated heterocycles. The quantitative estimate of drug-likeness (QED) is 0.0162. The van der Waals surface area contributed by atoms with E-state index in [1.165, 1.54) is 208 Å². The first-order valence-corrected chi connectivity index (χ1v) is 55.2. The van der Waals surface area contributed by atoms with Crippen molar-refractivity contribution in [2.45, 2.75) is 212 Å². The van der Waals surface area contributed by atoms with Gasteiger partial charge in [-0.2, -0.15) is 0 Å². The number of thioether (sulfide) groups is 4. The van der Waals surface area contributed by atoms with E-state index in [-0.39, 0.29) is 23.6 Å². The monoisotopic (exact) mass is 1930 g/mol. The number of hydrogen-bond acceptors (Lipinski definition) is 20. The zero-order chi connectivity index (χ0) is 87.1. The van der Waals surface area contributed by atoms with Gasteiger partial charge in [-0.05, 0) is 269 Å². The molecular weight excluding hydrogens is 1830 g/mol. The maximum absolute atomic E-state index is 13.9. The predicted molar refractivity (Wildman–Crippen MR) is 569 cm³/mol. The molecule has 24 heteroatoms. The SMILES string of the molecule is CCCCCCc1cc(-c2cc(-c3cc(CCCCCC)c(-c4cc(C)c(/C=C5\SC(=S)N(CC)C5=O)s4)s3)c3ccc4c(-c5cc(CCCCCC)c(-c6cc(C)c(/C=C7\SC(=S)N(CC)C7=O)s6)s5)cc(-c5cc(CCCCCC)c(-c6cc(C)c(/C=C7\SC(=S)N(CC)C7=O)s6)s5)c5ccc2c3c54)sc1-c1cc(C)c(/C=C2\SC(=S)N(CC)C2=O)s1. The first-order chi connectivity index (χ1) is 60.0. The maximum Gasteiger partial charge on any atom is 0.266 e. The smallest absolute Gasteiger partial charge is 0.266 e. The van der Waals surface area contributed by atoms with E-state index in [9.17, 15) is 19.2 Å². The largest absolute Gasteiger partial charge is 0.293 e. The lowest BCUT2D eigenvalue weighted by Gasteiger charge is -2.20. The van der Waals surface area contributed by atoms with Crippen molar-refractivity contribution >= 4 is 284 Å². The number of carbonyl (C=O) groups excluding carboxylic acids is 4. The molecule has 12 heterocycles. The van der Waals surface area contributed by atoms with E-state index in [0.717, 1.165) is 144 Å². The van der Waals surface area contributed by atoms with Crippen LogP contribution in [0.25, 0.3) is 137 Å². The fourth-order valence-corrected chi connectivity index (χ4v) is 32.9. The van der Waals surface area contributed by atoms with E-state index in [1.54, 1.807) is 64.9 Å². The van der Waals surface area contributed by atoms with Gasteiger partial charge in [0.15, 0.2) is 0 Å². The molecule has 0 saturated carbocycles. The fourth-order valence-electron chi connectivity index (χ4n) is 17.2. The summed E-state index contributed by atoms with van der Waals surface area (Å²) in [5, 5.41) is 7.39. The predicted octanol–water partition coefficient (Wildman–Crippen LogP) is 33.0. The number of hydrogen-bond donors (Lipinski definition) is 0. The molecule has 4 fully saturated rings. The van der Waals surface area contributed by atoms with Crippen LogP contribution < -0.4 is 0 Å². The molecule has 12 aromatic rings. The molecule has 4 amide bonds. The van der Waals surface area contributed by atoms with Crippen molar-refractivity contribution in [2.75, 3.05) is 26.2 Å². The fraction of sp³-hybridized carbons (Fsp3) is 0.360. The summed E-state index contributed by atoms with van der Waals surface area (Å²) in [6.07, 6.45) is 30.3. The summed E-state index contributed by atoms with van der Waals surface area (Å²) < 4.78 is 2.44. The van der Waals surface area contributed by atoms with Gasteiger partial charge in [0.25, 0.3) is 23.6 Å². The number of thiocarbonyl (C=S) groups is 4. The average molecular weight is 1940 g/mol. The van der Waals surface area contributed by atoms with Gasteiger partial charge >= 0.3 is 0 Å². The Kier molecular flexibility index (Phi) is 29.7. The normalized spacial score (nSPS) is 16.2. The minimum Gasteiger partial charge on any atom is -0.293 e. The van der Waals surface area contributed by atoms with Crippen LogP contribution in [-0.4, -0.2) is 86.7 Å². The van der Waals surface area contributed by atoms with Gasteiger partial charge in [-0.15, -0.1) is 90.7 Å². The molecule has 642 valence electrons. The van der Waals surface area contributed by atoms with E-state index in [2.05, 4.69) is 165 Å². The van der Waals surface area contributed by atoms with Gasteiger partial charge in [0.1, 0.15) is 17.3 Å². The Balaban J connectivity index is 0.963. The van der Waals surface area contributed by atoms with Crippen molar-refractivity contribution in [1.29, 1.82) is 0 Å². The van der Waals surface area contributed by atoms with Crippen LogP contribution in [0.15, 0.2) is 105 Å². The van der Waals surface area contributed by atoms with E-state index in [4.69, 9.17) is 48.9 Å². The van der Waals surface area contributed by atoms with Crippen molar-refractivity contribution < 1.29 is 19.2 Å². The van der Waals surface area contributed by atoms with Crippen molar-refractivity contribution in [3.63, 3.8) is 0 Å². The Morgan fingerprint density at radius 3 is 0.685 bits per heavy atom. The van der Waals surface area contributed by atoms with Crippen molar-refractivity contribution in [1.82, 2.24) is 19.6 Å².